The highest BCUT2D eigenvalue weighted by atomic mass is 32.2. The molecule has 0 aliphatic carbocycles. The molecule has 62 valence electrons. The second kappa shape index (κ2) is 4.16. The summed E-state index contributed by atoms with van der Waals surface area (Å²) in [6, 6.07) is 0. The van der Waals surface area contributed by atoms with Crippen molar-refractivity contribution >= 4 is 11.4 Å². The quantitative estimate of drug-likeness (QED) is 0.555. The lowest BCUT2D eigenvalue weighted by Gasteiger charge is -2.04. The number of nitrogens with zero attached hydrogens (tertiary/aromatic N) is 3. The van der Waals surface area contributed by atoms with Gasteiger partial charge in [-0.3, -0.25) is 8.86 Å². The van der Waals surface area contributed by atoms with Gasteiger partial charge in [-0.1, -0.05) is 5.21 Å². The van der Waals surface area contributed by atoms with Gasteiger partial charge in [-0.25, -0.2) is 4.21 Å². The van der Waals surface area contributed by atoms with Crippen LogP contribution in [0.3, 0.4) is 0 Å². The summed E-state index contributed by atoms with van der Waals surface area (Å²) in [6.45, 7) is 0.466. The molecule has 0 aromatic carbocycles. The minimum Gasteiger partial charge on any atom is -0.750 e. The number of aromatic nitrogens is 3. The largest absolute Gasteiger partial charge is 0.750 e. The first-order valence-electron chi connectivity index (χ1n) is 2.85. The monoisotopic (exact) mass is 176 g/mol. The van der Waals surface area contributed by atoms with Crippen molar-refractivity contribution in [3.8, 4) is 0 Å². The Morgan fingerprint density at radius 1 is 1.73 bits per heavy atom. The van der Waals surface area contributed by atoms with E-state index in [4.69, 9.17) is 0 Å². The molecule has 0 aliphatic heterocycles. The average Bonchev–Trinajstić information content (AvgIpc) is 2.39. The van der Waals surface area contributed by atoms with Crippen molar-refractivity contribution in [2.45, 2.75) is 6.54 Å². The Balaban J connectivity index is 2.19. The highest BCUT2D eigenvalue weighted by molar-refractivity contribution is 7.74. The third-order valence-electron chi connectivity index (χ3n) is 0.972. The van der Waals surface area contributed by atoms with Crippen molar-refractivity contribution in [3.63, 3.8) is 0 Å². The van der Waals surface area contributed by atoms with E-state index in [1.165, 1.54) is 10.9 Å². The molecule has 0 amide bonds. The maximum atomic E-state index is 9.86. The number of rotatable bonds is 4. The fourth-order valence-corrected chi connectivity index (χ4v) is 0.761. The van der Waals surface area contributed by atoms with Crippen LogP contribution < -0.4 is 0 Å². The topological polar surface area (TPSA) is 80.1 Å². The molecule has 6 nitrogen and oxygen atoms in total. The Morgan fingerprint density at radius 3 is 3.09 bits per heavy atom. The van der Waals surface area contributed by atoms with Crippen molar-refractivity contribution in [2.75, 3.05) is 6.61 Å². The zero-order valence-electron chi connectivity index (χ0n) is 5.54. The van der Waals surface area contributed by atoms with Crippen LogP contribution in [0.1, 0.15) is 0 Å². The average molecular weight is 176 g/mol. The molecule has 1 aromatic heterocycles. The van der Waals surface area contributed by atoms with E-state index in [0.29, 0.717) is 6.54 Å². The van der Waals surface area contributed by atoms with Crippen LogP contribution in [0.2, 0.25) is 0 Å². The summed E-state index contributed by atoms with van der Waals surface area (Å²) in [4.78, 5) is 0. The Morgan fingerprint density at radius 2 is 2.55 bits per heavy atom. The summed E-state index contributed by atoms with van der Waals surface area (Å²) >= 11 is -2.44. The Hall–Kier alpha value is -0.790. The van der Waals surface area contributed by atoms with Gasteiger partial charge in [0.05, 0.1) is 30.7 Å². The van der Waals surface area contributed by atoms with Crippen LogP contribution in [0.15, 0.2) is 12.4 Å². The summed E-state index contributed by atoms with van der Waals surface area (Å²) in [7, 11) is 0. The summed E-state index contributed by atoms with van der Waals surface area (Å²) in [5.74, 6) is 0. The molecule has 0 N–H and O–H groups in total. The summed E-state index contributed by atoms with van der Waals surface area (Å²) in [5, 5.41) is 7.12. The highest BCUT2D eigenvalue weighted by Gasteiger charge is 1.90. The second-order valence-electron chi connectivity index (χ2n) is 1.69. The second-order valence-corrected chi connectivity index (χ2v) is 2.34. The zero-order valence-corrected chi connectivity index (χ0v) is 6.36. The molecule has 1 aromatic rings. The van der Waals surface area contributed by atoms with Gasteiger partial charge in [0, 0.05) is 6.20 Å². The van der Waals surface area contributed by atoms with Crippen LogP contribution in [-0.2, 0) is 22.1 Å². The number of hydrogen-bond acceptors (Lipinski definition) is 5. The van der Waals surface area contributed by atoms with E-state index in [2.05, 4.69) is 14.5 Å². The standard InChI is InChI=1S/C4H7N3O3S/c8-11(9)10-4-3-7-2-1-5-6-7/h1-2H,3-4H2,(H,8,9)/p-1. The van der Waals surface area contributed by atoms with Crippen LogP contribution in [0.5, 0.6) is 0 Å². The minimum absolute atomic E-state index is 0.0828. The smallest absolute Gasteiger partial charge is 0.0842 e. The molecule has 11 heavy (non-hydrogen) atoms. The van der Waals surface area contributed by atoms with Gasteiger partial charge < -0.3 is 4.55 Å². The van der Waals surface area contributed by atoms with Crippen LogP contribution in [0, 0.1) is 0 Å². The molecule has 0 spiro atoms. The molecule has 0 saturated carbocycles. The fraction of sp³-hybridized carbons (Fsp3) is 0.500. The van der Waals surface area contributed by atoms with Crippen molar-refractivity contribution in [3.05, 3.63) is 12.4 Å². The molecule has 1 atom stereocenters. The lowest BCUT2D eigenvalue weighted by atomic mass is 10.7. The summed E-state index contributed by atoms with van der Waals surface area (Å²) < 4.78 is 25.4. The molecular weight excluding hydrogens is 170 g/mol. The third-order valence-corrected chi connectivity index (χ3v) is 1.33. The van der Waals surface area contributed by atoms with Crippen LogP contribution >= 0.6 is 0 Å². The van der Waals surface area contributed by atoms with E-state index in [1.54, 1.807) is 6.20 Å². The maximum Gasteiger partial charge on any atom is 0.0842 e. The van der Waals surface area contributed by atoms with E-state index in [1.807, 2.05) is 0 Å². The van der Waals surface area contributed by atoms with Crippen LogP contribution in [0.25, 0.3) is 0 Å². The predicted octanol–water partition coefficient (Wildman–Crippen LogP) is -0.911. The van der Waals surface area contributed by atoms with Gasteiger partial charge in [0.2, 0.25) is 0 Å². The first-order valence-corrected chi connectivity index (χ1v) is 3.85. The fourth-order valence-electron chi connectivity index (χ4n) is 0.551. The molecule has 7 heteroatoms. The summed E-state index contributed by atoms with van der Waals surface area (Å²) in [6.07, 6.45) is 3.13. The molecule has 0 aliphatic rings. The van der Waals surface area contributed by atoms with Crippen LogP contribution in [-0.4, -0.2) is 30.4 Å². The molecule has 1 rings (SSSR count). The van der Waals surface area contributed by atoms with Gasteiger partial charge in [0.25, 0.3) is 0 Å². The molecular formula is C4H6N3O3S-. The lowest BCUT2D eigenvalue weighted by molar-refractivity contribution is 0.279. The Labute approximate surface area is 65.7 Å². The minimum atomic E-state index is -2.44. The van der Waals surface area contributed by atoms with Crippen LogP contribution in [0.4, 0.5) is 0 Å². The van der Waals surface area contributed by atoms with Crippen molar-refractivity contribution < 1.29 is 12.9 Å². The number of hydrogen-bond donors (Lipinski definition) is 0. The third kappa shape index (κ3) is 3.21. The molecule has 0 radical (unpaired) electrons. The SMILES string of the molecule is O=S([O-])OCCn1ccnn1. The maximum absolute atomic E-state index is 9.86. The van der Waals surface area contributed by atoms with Crippen molar-refractivity contribution in [1.82, 2.24) is 15.0 Å². The van der Waals surface area contributed by atoms with Gasteiger partial charge in [0.1, 0.15) is 0 Å². The van der Waals surface area contributed by atoms with Gasteiger partial charge in [-0.2, -0.15) is 0 Å². The Kier molecular flexibility index (Phi) is 3.14. The first kappa shape index (κ1) is 8.31. The lowest BCUT2D eigenvalue weighted by Crippen LogP contribution is -2.07. The molecule has 0 bridgehead atoms. The van der Waals surface area contributed by atoms with Crippen molar-refractivity contribution in [2.24, 2.45) is 0 Å². The van der Waals surface area contributed by atoms with Crippen molar-refractivity contribution in [1.29, 1.82) is 0 Å². The molecule has 0 saturated heterocycles. The predicted molar refractivity (Wildman–Crippen MR) is 34.9 cm³/mol. The van der Waals surface area contributed by atoms with Gasteiger partial charge in [0.15, 0.2) is 0 Å². The van der Waals surface area contributed by atoms with Gasteiger partial charge in [-0.05, 0) is 0 Å². The zero-order chi connectivity index (χ0) is 8.10. The van der Waals surface area contributed by atoms with E-state index in [9.17, 15) is 8.76 Å². The highest BCUT2D eigenvalue weighted by Crippen LogP contribution is 1.84. The van der Waals surface area contributed by atoms with Gasteiger partial charge in [-0.15, -0.1) is 5.10 Å². The van der Waals surface area contributed by atoms with E-state index in [-0.39, 0.29) is 6.61 Å². The normalized spacial score (nSPS) is 13.2. The van der Waals surface area contributed by atoms with E-state index in [0.717, 1.165) is 0 Å². The molecule has 1 unspecified atom stereocenters. The van der Waals surface area contributed by atoms with Gasteiger partial charge >= 0.3 is 0 Å². The van der Waals surface area contributed by atoms with E-state index >= 15 is 0 Å². The van der Waals surface area contributed by atoms with E-state index < -0.39 is 11.4 Å². The Bertz CT molecular complexity index is 224. The molecule has 1 heterocycles. The molecule has 0 fully saturated rings. The first-order chi connectivity index (χ1) is 5.29. The summed E-state index contributed by atoms with van der Waals surface area (Å²) in [5.41, 5.74) is 0.